The average Bonchev–Trinajstić information content (AvgIpc) is 3.32. The van der Waals surface area contributed by atoms with Gasteiger partial charge in [0.25, 0.3) is 5.69 Å². The van der Waals surface area contributed by atoms with E-state index < -0.39 is 4.92 Å². The van der Waals surface area contributed by atoms with Crippen molar-refractivity contribution < 1.29 is 14.0 Å². The molecule has 1 saturated heterocycles. The lowest BCUT2D eigenvalue weighted by Crippen LogP contribution is -2.45. The van der Waals surface area contributed by atoms with E-state index in [1.54, 1.807) is 19.1 Å². The first kappa shape index (κ1) is 18.2. The molecule has 146 valence electrons. The fourth-order valence-electron chi connectivity index (χ4n) is 3.09. The van der Waals surface area contributed by atoms with Crippen molar-refractivity contribution in [2.75, 3.05) is 26.2 Å². The molecule has 3 aromatic rings. The molecule has 11 heteroatoms. The maximum Gasteiger partial charge on any atom is 0.270 e. The highest BCUT2D eigenvalue weighted by molar-refractivity contribution is 5.58. The van der Waals surface area contributed by atoms with Gasteiger partial charge in [0.15, 0.2) is 5.82 Å². The second-order valence-electron chi connectivity index (χ2n) is 6.61. The molecular weight excluding hydrogens is 366 g/mol. The lowest BCUT2D eigenvalue weighted by Gasteiger charge is -2.32. The molecule has 11 nitrogen and oxygen atoms in total. The van der Waals surface area contributed by atoms with Crippen molar-refractivity contribution in [2.45, 2.75) is 20.0 Å². The van der Waals surface area contributed by atoms with Crippen LogP contribution in [0.5, 0.6) is 0 Å². The Kier molecular flexibility index (Phi) is 5.08. The molecule has 3 heterocycles. The van der Waals surface area contributed by atoms with Gasteiger partial charge in [-0.15, -0.1) is 0 Å². The van der Waals surface area contributed by atoms with E-state index in [0.717, 1.165) is 26.2 Å². The third-order valence-electron chi connectivity index (χ3n) is 4.54. The standard InChI is InChI=1S/C17H19N7O4/c1-12-18-15(27-20-12)10-22-5-7-23(8-6-22)11-16-19-17(21-28-16)13-3-2-4-14(9-13)24(25)26/h2-4,9H,5-8,10-11H2,1H3. The number of non-ortho nitro benzene ring substituents is 1. The number of nitrogens with zero attached hydrogens (tertiary/aromatic N) is 7. The van der Waals surface area contributed by atoms with Crippen LogP contribution in [-0.2, 0) is 13.1 Å². The van der Waals surface area contributed by atoms with E-state index in [9.17, 15) is 10.1 Å². The van der Waals surface area contributed by atoms with Crippen LogP contribution in [0.3, 0.4) is 0 Å². The van der Waals surface area contributed by atoms with Gasteiger partial charge in [-0.2, -0.15) is 9.97 Å². The Hall–Kier alpha value is -3.18. The van der Waals surface area contributed by atoms with Crippen molar-refractivity contribution in [3.63, 3.8) is 0 Å². The van der Waals surface area contributed by atoms with Crippen molar-refractivity contribution in [1.29, 1.82) is 0 Å². The number of benzene rings is 1. The number of piperazine rings is 1. The van der Waals surface area contributed by atoms with Gasteiger partial charge in [0.05, 0.1) is 18.0 Å². The van der Waals surface area contributed by atoms with Crippen molar-refractivity contribution in [3.05, 3.63) is 52.0 Å². The largest absolute Gasteiger partial charge is 0.338 e. The molecule has 1 fully saturated rings. The molecule has 28 heavy (non-hydrogen) atoms. The van der Waals surface area contributed by atoms with E-state index in [2.05, 4.69) is 30.1 Å². The van der Waals surface area contributed by atoms with E-state index >= 15 is 0 Å². The number of aromatic nitrogens is 4. The van der Waals surface area contributed by atoms with Crippen LogP contribution in [0.15, 0.2) is 33.3 Å². The molecule has 0 atom stereocenters. The molecule has 0 N–H and O–H groups in total. The molecule has 0 unspecified atom stereocenters. The molecular formula is C17H19N7O4. The molecule has 1 aliphatic heterocycles. The summed E-state index contributed by atoms with van der Waals surface area (Å²) in [6.07, 6.45) is 0. The summed E-state index contributed by atoms with van der Waals surface area (Å²) in [5, 5.41) is 18.7. The van der Waals surface area contributed by atoms with E-state index in [0.29, 0.717) is 42.1 Å². The Balaban J connectivity index is 1.32. The van der Waals surface area contributed by atoms with Crippen molar-refractivity contribution in [2.24, 2.45) is 0 Å². The number of aryl methyl sites for hydroxylation is 1. The van der Waals surface area contributed by atoms with Crippen LogP contribution in [0.2, 0.25) is 0 Å². The highest BCUT2D eigenvalue weighted by Gasteiger charge is 2.21. The van der Waals surface area contributed by atoms with Gasteiger partial charge in [-0.1, -0.05) is 22.4 Å². The van der Waals surface area contributed by atoms with Gasteiger partial charge in [-0.25, -0.2) is 0 Å². The number of nitro groups is 1. The van der Waals surface area contributed by atoms with Gasteiger partial charge >= 0.3 is 0 Å². The van der Waals surface area contributed by atoms with Crippen molar-refractivity contribution in [1.82, 2.24) is 30.1 Å². The third-order valence-corrected chi connectivity index (χ3v) is 4.54. The second kappa shape index (κ2) is 7.82. The summed E-state index contributed by atoms with van der Waals surface area (Å²) in [6.45, 7) is 6.42. The van der Waals surface area contributed by atoms with Gasteiger partial charge in [-0.05, 0) is 6.92 Å². The predicted octanol–water partition coefficient (Wildman–Crippen LogP) is 1.65. The molecule has 0 amide bonds. The minimum Gasteiger partial charge on any atom is -0.338 e. The Morgan fingerprint density at radius 3 is 2.29 bits per heavy atom. The number of rotatable bonds is 6. The molecule has 0 aliphatic carbocycles. The minimum absolute atomic E-state index is 0.00332. The van der Waals surface area contributed by atoms with E-state index in [-0.39, 0.29) is 5.69 Å². The van der Waals surface area contributed by atoms with E-state index in [1.807, 2.05) is 0 Å². The Morgan fingerprint density at radius 1 is 1.04 bits per heavy atom. The molecule has 0 bridgehead atoms. The first-order valence-corrected chi connectivity index (χ1v) is 8.88. The highest BCUT2D eigenvalue weighted by atomic mass is 16.6. The normalized spacial score (nSPS) is 15.8. The molecule has 1 aromatic carbocycles. The van der Waals surface area contributed by atoms with Crippen LogP contribution in [0.4, 0.5) is 5.69 Å². The summed E-state index contributed by atoms with van der Waals surface area (Å²) in [7, 11) is 0. The van der Waals surface area contributed by atoms with E-state index in [4.69, 9.17) is 9.05 Å². The fraction of sp³-hybridized carbons (Fsp3) is 0.412. The van der Waals surface area contributed by atoms with Crippen LogP contribution >= 0.6 is 0 Å². The molecule has 1 aliphatic rings. The Labute approximate surface area is 160 Å². The Morgan fingerprint density at radius 2 is 1.68 bits per heavy atom. The van der Waals surface area contributed by atoms with Crippen LogP contribution < -0.4 is 0 Å². The van der Waals surface area contributed by atoms with Gasteiger partial charge in [0.2, 0.25) is 17.6 Å². The van der Waals surface area contributed by atoms with Crippen LogP contribution in [0, 0.1) is 17.0 Å². The zero-order chi connectivity index (χ0) is 19.5. The molecule has 4 rings (SSSR count). The smallest absolute Gasteiger partial charge is 0.270 e. The number of hydrogen-bond donors (Lipinski definition) is 0. The summed E-state index contributed by atoms with van der Waals surface area (Å²) in [5.41, 5.74) is 0.556. The SMILES string of the molecule is Cc1noc(CN2CCN(Cc3nc(-c4cccc([N+](=O)[O-])c4)no3)CC2)n1. The first-order chi connectivity index (χ1) is 13.6. The Bertz CT molecular complexity index is 962. The van der Waals surface area contributed by atoms with Gasteiger partial charge in [0.1, 0.15) is 0 Å². The first-order valence-electron chi connectivity index (χ1n) is 8.88. The van der Waals surface area contributed by atoms with E-state index in [1.165, 1.54) is 12.1 Å². The van der Waals surface area contributed by atoms with Gasteiger partial charge in [0, 0.05) is 43.9 Å². The zero-order valence-electron chi connectivity index (χ0n) is 15.3. The summed E-state index contributed by atoms with van der Waals surface area (Å²) >= 11 is 0. The van der Waals surface area contributed by atoms with Crippen molar-refractivity contribution in [3.8, 4) is 11.4 Å². The predicted molar refractivity (Wildman–Crippen MR) is 96.0 cm³/mol. The summed E-state index contributed by atoms with van der Waals surface area (Å²) in [4.78, 5) is 23.6. The molecule has 0 spiro atoms. The third kappa shape index (κ3) is 4.21. The maximum atomic E-state index is 10.9. The van der Waals surface area contributed by atoms with Crippen LogP contribution in [-0.4, -0.2) is 61.2 Å². The van der Waals surface area contributed by atoms with Crippen LogP contribution in [0.25, 0.3) is 11.4 Å². The van der Waals surface area contributed by atoms with Gasteiger partial charge in [-0.3, -0.25) is 19.9 Å². The lowest BCUT2D eigenvalue weighted by atomic mass is 10.2. The maximum absolute atomic E-state index is 10.9. The number of hydrogen-bond acceptors (Lipinski definition) is 10. The minimum atomic E-state index is -0.445. The van der Waals surface area contributed by atoms with Crippen molar-refractivity contribution >= 4 is 5.69 Å². The highest BCUT2D eigenvalue weighted by Crippen LogP contribution is 2.21. The summed E-state index contributed by atoms with van der Waals surface area (Å²) in [5.74, 6) is 2.11. The fourth-order valence-corrected chi connectivity index (χ4v) is 3.09. The zero-order valence-corrected chi connectivity index (χ0v) is 15.3. The quantitative estimate of drug-likeness (QED) is 0.456. The second-order valence-corrected chi connectivity index (χ2v) is 6.61. The number of nitro benzene ring substituents is 1. The summed E-state index contributed by atoms with van der Waals surface area (Å²) in [6, 6.07) is 6.19. The van der Waals surface area contributed by atoms with Crippen LogP contribution in [0.1, 0.15) is 17.6 Å². The monoisotopic (exact) mass is 385 g/mol. The molecule has 2 aromatic heterocycles. The van der Waals surface area contributed by atoms with Gasteiger partial charge < -0.3 is 9.05 Å². The molecule has 0 saturated carbocycles. The molecule has 0 radical (unpaired) electrons. The summed E-state index contributed by atoms with van der Waals surface area (Å²) < 4.78 is 10.5. The topological polar surface area (TPSA) is 127 Å². The average molecular weight is 385 g/mol. The lowest BCUT2D eigenvalue weighted by molar-refractivity contribution is -0.384.